The van der Waals surface area contributed by atoms with E-state index in [1.54, 1.807) is 24.5 Å². The molecule has 140 valence electrons. The highest BCUT2D eigenvalue weighted by molar-refractivity contribution is 6.10. The first kappa shape index (κ1) is 17.0. The van der Waals surface area contributed by atoms with Crippen LogP contribution < -0.4 is 4.74 Å². The normalized spacial score (nSPS) is 11.0. The number of ether oxygens (including phenoxy) is 1. The molecule has 0 aliphatic rings. The number of aromatic amines is 1. The summed E-state index contributed by atoms with van der Waals surface area (Å²) in [6, 6.07) is 23.1. The van der Waals surface area contributed by atoms with Crippen LogP contribution in [-0.4, -0.2) is 21.3 Å². The number of aromatic carboxylic acids is 1. The Morgan fingerprint density at radius 1 is 0.828 bits per heavy atom. The van der Waals surface area contributed by atoms with Gasteiger partial charge in [-0.3, -0.25) is 5.10 Å². The van der Waals surface area contributed by atoms with E-state index in [0.29, 0.717) is 11.5 Å². The van der Waals surface area contributed by atoms with E-state index in [2.05, 4.69) is 16.3 Å². The first-order valence-electron chi connectivity index (χ1n) is 9.15. The predicted octanol–water partition coefficient (Wildman–Crippen LogP) is 5.87. The number of carboxylic acids is 1. The number of carboxylic acid groups (broad SMARTS) is 1. The molecule has 0 fully saturated rings. The van der Waals surface area contributed by atoms with Gasteiger partial charge in [0.1, 0.15) is 17.1 Å². The first-order chi connectivity index (χ1) is 14.2. The molecule has 0 radical (unpaired) electrons. The summed E-state index contributed by atoms with van der Waals surface area (Å²) in [6.07, 6.45) is 3.37. The second-order valence-electron chi connectivity index (χ2n) is 6.75. The third kappa shape index (κ3) is 2.99. The van der Waals surface area contributed by atoms with E-state index in [4.69, 9.17) is 4.74 Å². The van der Waals surface area contributed by atoms with Crippen LogP contribution in [0.1, 0.15) is 10.4 Å². The lowest BCUT2D eigenvalue weighted by Gasteiger charge is -2.14. The number of hydrogen-bond donors (Lipinski definition) is 2. The van der Waals surface area contributed by atoms with Gasteiger partial charge in [0.2, 0.25) is 0 Å². The Bertz CT molecular complexity index is 1360. The Kier molecular flexibility index (Phi) is 3.99. The number of fused-ring (bicyclic) bond motifs is 3. The van der Waals surface area contributed by atoms with Gasteiger partial charge in [-0.1, -0.05) is 54.6 Å². The Balaban J connectivity index is 1.66. The van der Waals surface area contributed by atoms with Gasteiger partial charge in [-0.05, 0) is 39.9 Å². The summed E-state index contributed by atoms with van der Waals surface area (Å²) < 4.78 is 6.16. The van der Waals surface area contributed by atoms with E-state index >= 15 is 0 Å². The number of benzene rings is 4. The molecule has 0 unspecified atom stereocenters. The summed E-state index contributed by atoms with van der Waals surface area (Å²) in [4.78, 5) is 11.9. The molecule has 0 amide bonds. The van der Waals surface area contributed by atoms with Gasteiger partial charge in [0.25, 0.3) is 0 Å². The first-order valence-corrected chi connectivity index (χ1v) is 9.15. The molecule has 5 nitrogen and oxygen atoms in total. The van der Waals surface area contributed by atoms with E-state index in [0.717, 1.165) is 32.7 Å². The fourth-order valence-electron chi connectivity index (χ4n) is 3.60. The molecule has 0 spiro atoms. The number of carbonyl (C=O) groups is 1. The fourth-order valence-corrected chi connectivity index (χ4v) is 3.60. The van der Waals surface area contributed by atoms with Crippen LogP contribution in [0.4, 0.5) is 0 Å². The number of H-pyrrole nitrogens is 1. The summed E-state index contributed by atoms with van der Waals surface area (Å²) in [5.41, 5.74) is 1.67. The maximum Gasteiger partial charge on any atom is 0.339 e. The van der Waals surface area contributed by atoms with Gasteiger partial charge in [-0.2, -0.15) is 5.10 Å². The minimum atomic E-state index is -1.05. The van der Waals surface area contributed by atoms with Crippen molar-refractivity contribution in [3.63, 3.8) is 0 Å². The molecule has 0 atom stereocenters. The van der Waals surface area contributed by atoms with E-state index < -0.39 is 5.97 Å². The highest BCUT2D eigenvalue weighted by Gasteiger charge is 2.16. The highest BCUT2D eigenvalue weighted by atomic mass is 16.5. The quantitative estimate of drug-likeness (QED) is 0.382. The lowest BCUT2D eigenvalue weighted by molar-refractivity contribution is 0.0694. The van der Waals surface area contributed by atoms with Gasteiger partial charge in [-0.25, -0.2) is 4.79 Å². The molecule has 0 aliphatic heterocycles. The van der Waals surface area contributed by atoms with Gasteiger partial charge in [0, 0.05) is 17.1 Å². The SMILES string of the molecule is O=C(O)c1cc(-c2cn[nH]c2)ccc1Oc1cc2ccccc2c2ccccc12. The van der Waals surface area contributed by atoms with Crippen LogP contribution in [0, 0.1) is 0 Å². The molecule has 1 heterocycles. The average Bonchev–Trinajstić information content (AvgIpc) is 3.29. The lowest BCUT2D eigenvalue weighted by atomic mass is 10.0. The molecule has 5 heteroatoms. The predicted molar refractivity (Wildman–Crippen MR) is 113 cm³/mol. The third-order valence-corrected chi connectivity index (χ3v) is 4.99. The molecule has 2 N–H and O–H groups in total. The lowest BCUT2D eigenvalue weighted by Crippen LogP contribution is -2.01. The maximum absolute atomic E-state index is 11.9. The maximum atomic E-state index is 11.9. The van der Waals surface area contributed by atoms with Crippen LogP contribution >= 0.6 is 0 Å². The van der Waals surface area contributed by atoms with Crippen LogP contribution in [0.15, 0.2) is 85.2 Å². The minimum Gasteiger partial charge on any atom is -0.478 e. The monoisotopic (exact) mass is 380 g/mol. The smallest absolute Gasteiger partial charge is 0.339 e. The molecule has 5 aromatic rings. The van der Waals surface area contributed by atoms with Crippen molar-refractivity contribution in [2.24, 2.45) is 0 Å². The van der Waals surface area contributed by atoms with Crippen molar-refractivity contribution in [3.05, 3.63) is 90.8 Å². The molecule has 0 saturated carbocycles. The number of aromatic nitrogens is 2. The summed E-state index contributed by atoms with van der Waals surface area (Å²) in [5, 5.41) is 20.6. The second-order valence-corrected chi connectivity index (χ2v) is 6.75. The van der Waals surface area contributed by atoms with Crippen LogP contribution in [0.3, 0.4) is 0 Å². The molecule has 0 bridgehead atoms. The molecule has 5 rings (SSSR count). The van der Waals surface area contributed by atoms with Crippen molar-refractivity contribution in [1.29, 1.82) is 0 Å². The van der Waals surface area contributed by atoms with Crippen LogP contribution in [-0.2, 0) is 0 Å². The van der Waals surface area contributed by atoms with Gasteiger partial charge in [0.15, 0.2) is 0 Å². The van der Waals surface area contributed by atoms with Crippen molar-refractivity contribution in [3.8, 4) is 22.6 Å². The molecular formula is C24H16N2O3. The van der Waals surface area contributed by atoms with Gasteiger partial charge in [-0.15, -0.1) is 0 Å². The standard InChI is InChI=1S/C24H16N2O3/c27-24(28)21-11-15(17-13-25-26-14-17)9-10-22(21)29-23-12-16-5-1-2-6-18(16)19-7-3-4-8-20(19)23/h1-14H,(H,25,26)(H,27,28). The zero-order chi connectivity index (χ0) is 19.8. The van der Waals surface area contributed by atoms with Crippen molar-refractivity contribution in [1.82, 2.24) is 10.2 Å². The highest BCUT2D eigenvalue weighted by Crippen LogP contribution is 2.37. The van der Waals surface area contributed by atoms with E-state index in [9.17, 15) is 9.90 Å². The van der Waals surface area contributed by atoms with Gasteiger partial charge < -0.3 is 9.84 Å². The zero-order valence-electron chi connectivity index (χ0n) is 15.3. The summed E-state index contributed by atoms with van der Waals surface area (Å²) >= 11 is 0. The molecule has 29 heavy (non-hydrogen) atoms. The van der Waals surface area contributed by atoms with Crippen molar-refractivity contribution < 1.29 is 14.6 Å². The Morgan fingerprint density at radius 2 is 1.59 bits per heavy atom. The Morgan fingerprint density at radius 3 is 2.34 bits per heavy atom. The summed E-state index contributed by atoms with van der Waals surface area (Å²) in [7, 11) is 0. The molecule has 0 aliphatic carbocycles. The molecule has 0 saturated heterocycles. The average molecular weight is 380 g/mol. The van der Waals surface area contributed by atoms with Crippen molar-refractivity contribution >= 4 is 27.5 Å². The summed E-state index contributed by atoms with van der Waals surface area (Å²) in [6.45, 7) is 0. The molecule has 1 aromatic heterocycles. The van der Waals surface area contributed by atoms with Crippen molar-refractivity contribution in [2.75, 3.05) is 0 Å². The molecule has 4 aromatic carbocycles. The number of hydrogen-bond acceptors (Lipinski definition) is 3. The zero-order valence-corrected chi connectivity index (χ0v) is 15.3. The van der Waals surface area contributed by atoms with Gasteiger partial charge in [0.05, 0.1) is 6.20 Å². The Hall–Kier alpha value is -4.12. The molecular weight excluding hydrogens is 364 g/mol. The van der Waals surface area contributed by atoms with E-state index in [1.165, 1.54) is 0 Å². The number of nitrogens with zero attached hydrogens (tertiary/aromatic N) is 1. The third-order valence-electron chi connectivity index (χ3n) is 4.99. The summed E-state index contributed by atoms with van der Waals surface area (Å²) in [5.74, 6) is -0.126. The largest absolute Gasteiger partial charge is 0.478 e. The van der Waals surface area contributed by atoms with Crippen LogP contribution in [0.2, 0.25) is 0 Å². The second kappa shape index (κ2) is 6.80. The minimum absolute atomic E-state index is 0.0981. The number of nitrogens with one attached hydrogen (secondary N) is 1. The van der Waals surface area contributed by atoms with Crippen LogP contribution in [0.25, 0.3) is 32.7 Å². The van der Waals surface area contributed by atoms with Crippen molar-refractivity contribution in [2.45, 2.75) is 0 Å². The number of rotatable bonds is 4. The van der Waals surface area contributed by atoms with E-state index in [-0.39, 0.29) is 5.56 Å². The topological polar surface area (TPSA) is 75.2 Å². The Labute approximate surface area is 166 Å². The fraction of sp³-hybridized carbons (Fsp3) is 0. The van der Waals surface area contributed by atoms with Gasteiger partial charge >= 0.3 is 5.97 Å². The van der Waals surface area contributed by atoms with E-state index in [1.807, 2.05) is 54.6 Å². The van der Waals surface area contributed by atoms with Crippen LogP contribution in [0.5, 0.6) is 11.5 Å².